The van der Waals surface area contributed by atoms with E-state index in [-0.39, 0.29) is 0 Å². The largest absolute Gasteiger partial charge is 0.331 e. The first-order valence-corrected chi connectivity index (χ1v) is 12.7. The van der Waals surface area contributed by atoms with E-state index >= 15 is 0 Å². The lowest BCUT2D eigenvalue weighted by Gasteiger charge is -2.41. The van der Waals surface area contributed by atoms with Crippen LogP contribution in [0.25, 0.3) is 5.57 Å². The molecule has 2 fully saturated rings. The van der Waals surface area contributed by atoms with Crippen LogP contribution in [0.3, 0.4) is 0 Å². The number of nitrogens with one attached hydrogen (secondary N) is 1. The van der Waals surface area contributed by atoms with E-state index < -0.39 is 0 Å². The quantitative estimate of drug-likeness (QED) is 0.643. The van der Waals surface area contributed by atoms with Crippen molar-refractivity contribution >= 4 is 5.57 Å². The number of hydrogen-bond donors (Lipinski definition) is 1. The van der Waals surface area contributed by atoms with Crippen molar-refractivity contribution in [3.05, 3.63) is 95.1 Å². The fraction of sp³-hybridized carbons (Fsp3) is 0.414. The minimum Gasteiger partial charge on any atom is -0.331 e. The summed E-state index contributed by atoms with van der Waals surface area (Å²) in [4.78, 5) is 7.59. The second kappa shape index (κ2) is 9.28. The molecule has 0 spiro atoms. The fourth-order valence-electron chi connectivity index (χ4n) is 6.19. The predicted molar refractivity (Wildman–Crippen MR) is 134 cm³/mol. The molecular formula is C29H34N4. The van der Waals surface area contributed by atoms with E-state index in [9.17, 15) is 0 Å². The van der Waals surface area contributed by atoms with Crippen molar-refractivity contribution in [2.24, 2.45) is 0 Å². The molecule has 1 aromatic heterocycles. The third-order valence-corrected chi connectivity index (χ3v) is 7.91. The molecule has 3 aromatic rings. The summed E-state index contributed by atoms with van der Waals surface area (Å²) in [5.41, 5.74) is 7.34. The molecule has 0 radical (unpaired) electrons. The van der Waals surface area contributed by atoms with Crippen LogP contribution in [0.15, 0.2) is 72.6 Å². The lowest BCUT2D eigenvalue weighted by atomic mass is 9.88. The number of aryl methyl sites for hydroxylation is 2. The Morgan fingerprint density at radius 2 is 1.73 bits per heavy atom. The molecule has 33 heavy (non-hydrogen) atoms. The van der Waals surface area contributed by atoms with Crippen molar-refractivity contribution < 1.29 is 0 Å². The zero-order chi connectivity index (χ0) is 22.0. The van der Waals surface area contributed by atoms with E-state index in [1.54, 1.807) is 5.57 Å². The Morgan fingerprint density at radius 1 is 0.909 bits per heavy atom. The molecule has 1 N–H and O–H groups in total. The molecule has 0 amide bonds. The third-order valence-electron chi connectivity index (χ3n) is 7.91. The molecule has 2 atom stereocenters. The summed E-state index contributed by atoms with van der Waals surface area (Å²) in [6.07, 6.45) is 11.2. The summed E-state index contributed by atoms with van der Waals surface area (Å²) in [5, 5.41) is 3.78. The highest BCUT2D eigenvalue weighted by atomic mass is 15.2. The lowest BCUT2D eigenvalue weighted by molar-refractivity contribution is 0.134. The van der Waals surface area contributed by atoms with E-state index in [4.69, 9.17) is 4.98 Å². The fourth-order valence-corrected chi connectivity index (χ4v) is 6.19. The zero-order valence-corrected chi connectivity index (χ0v) is 19.4. The first-order valence-electron chi connectivity index (χ1n) is 12.7. The molecule has 4 heteroatoms. The van der Waals surface area contributed by atoms with Gasteiger partial charge >= 0.3 is 0 Å². The molecule has 0 aliphatic carbocycles. The number of hydrogen-bond acceptors (Lipinski definition) is 3. The Kier molecular flexibility index (Phi) is 5.87. The maximum atomic E-state index is 4.81. The summed E-state index contributed by atoms with van der Waals surface area (Å²) < 4.78 is 2.36. The van der Waals surface area contributed by atoms with Crippen LogP contribution in [-0.2, 0) is 19.4 Å². The molecule has 0 unspecified atom stereocenters. The Morgan fingerprint density at radius 3 is 2.61 bits per heavy atom. The highest BCUT2D eigenvalue weighted by molar-refractivity contribution is 5.81. The van der Waals surface area contributed by atoms with Crippen molar-refractivity contribution in [3.63, 3.8) is 0 Å². The average molecular weight is 439 g/mol. The summed E-state index contributed by atoms with van der Waals surface area (Å²) in [5.74, 6) is 1.17. The van der Waals surface area contributed by atoms with E-state index in [1.807, 2.05) is 6.20 Å². The van der Waals surface area contributed by atoms with Crippen molar-refractivity contribution in [1.82, 2.24) is 19.8 Å². The first-order chi connectivity index (χ1) is 16.3. The number of fused-ring (bicyclic) bond motifs is 2. The molecular weight excluding hydrogens is 404 g/mol. The molecule has 0 saturated carbocycles. The number of piperidine rings is 2. The number of aromatic nitrogens is 2. The summed E-state index contributed by atoms with van der Waals surface area (Å²) in [7, 11) is 0. The van der Waals surface area contributed by atoms with Crippen molar-refractivity contribution in [3.8, 4) is 0 Å². The van der Waals surface area contributed by atoms with Crippen LogP contribution in [0.5, 0.6) is 0 Å². The smallest absolute Gasteiger partial charge is 0.140 e. The van der Waals surface area contributed by atoms with Crippen LogP contribution in [0.2, 0.25) is 0 Å². The van der Waals surface area contributed by atoms with Gasteiger partial charge in [0, 0.05) is 49.7 Å². The van der Waals surface area contributed by atoms with Gasteiger partial charge in [-0.2, -0.15) is 0 Å². The van der Waals surface area contributed by atoms with Gasteiger partial charge in [0.15, 0.2) is 0 Å². The van der Waals surface area contributed by atoms with Crippen molar-refractivity contribution in [2.75, 3.05) is 19.6 Å². The van der Waals surface area contributed by atoms with E-state index in [1.165, 1.54) is 54.0 Å². The maximum absolute atomic E-state index is 4.81. The Bertz CT molecular complexity index is 1120. The van der Waals surface area contributed by atoms with Crippen LogP contribution >= 0.6 is 0 Å². The maximum Gasteiger partial charge on any atom is 0.140 e. The molecule has 3 aliphatic rings. The highest BCUT2D eigenvalue weighted by Crippen LogP contribution is 2.36. The van der Waals surface area contributed by atoms with Gasteiger partial charge in [-0.3, -0.25) is 4.90 Å². The number of rotatable bonds is 3. The zero-order valence-electron chi connectivity index (χ0n) is 19.4. The topological polar surface area (TPSA) is 33.1 Å². The summed E-state index contributed by atoms with van der Waals surface area (Å²) >= 11 is 0. The van der Waals surface area contributed by atoms with Crippen LogP contribution in [0.1, 0.15) is 48.2 Å². The van der Waals surface area contributed by atoms with Crippen LogP contribution in [0, 0.1) is 0 Å². The Hall–Kier alpha value is -2.69. The standard InChI is InChI=1S/C29H34N4/c1-2-6-22(7-3-1)20-25-21-26(10-14-30-25)32-16-12-24(13-17-32)28-27-9-5-4-8-23(27)11-18-33-19-15-31-29(28)33/h1-9,15,19,25-26,30H,10-14,16-18,20-21H2/t25-,26+/m1/s1. The summed E-state index contributed by atoms with van der Waals surface area (Å²) in [6.45, 7) is 4.50. The van der Waals surface area contributed by atoms with Gasteiger partial charge in [-0.15, -0.1) is 0 Å². The SMILES string of the molecule is c1ccc(C[C@@H]2C[C@@H](N3CCC(=C4c5ccccc5CCn5ccnc54)CC3)CCN2)cc1. The molecule has 4 heterocycles. The molecule has 2 aromatic carbocycles. The first kappa shape index (κ1) is 20.9. The molecule has 4 nitrogen and oxygen atoms in total. The van der Waals surface area contributed by atoms with E-state index in [0.29, 0.717) is 12.1 Å². The van der Waals surface area contributed by atoms with E-state index in [2.05, 4.69) is 75.6 Å². The monoisotopic (exact) mass is 438 g/mol. The van der Waals surface area contributed by atoms with Gasteiger partial charge in [0.1, 0.15) is 5.82 Å². The number of benzene rings is 2. The third kappa shape index (κ3) is 4.30. The van der Waals surface area contributed by atoms with Gasteiger partial charge in [0.05, 0.1) is 0 Å². The molecule has 0 bridgehead atoms. The second-order valence-electron chi connectivity index (χ2n) is 9.88. The summed E-state index contributed by atoms with van der Waals surface area (Å²) in [6, 6.07) is 21.2. The normalized spacial score (nSPS) is 23.6. The van der Waals surface area contributed by atoms with Crippen LogP contribution in [-0.4, -0.2) is 46.2 Å². The van der Waals surface area contributed by atoms with Crippen LogP contribution < -0.4 is 5.32 Å². The second-order valence-corrected chi connectivity index (χ2v) is 9.88. The highest BCUT2D eigenvalue weighted by Gasteiger charge is 2.30. The Labute approximate surface area is 197 Å². The van der Waals surface area contributed by atoms with Crippen molar-refractivity contribution in [2.45, 2.75) is 57.2 Å². The van der Waals surface area contributed by atoms with Gasteiger partial charge in [-0.1, -0.05) is 60.2 Å². The molecule has 3 aliphatic heterocycles. The molecule has 6 rings (SSSR count). The van der Waals surface area contributed by atoms with Gasteiger partial charge in [-0.25, -0.2) is 4.98 Å². The molecule has 170 valence electrons. The van der Waals surface area contributed by atoms with E-state index in [0.717, 1.165) is 38.8 Å². The van der Waals surface area contributed by atoms with Crippen LogP contribution in [0.4, 0.5) is 0 Å². The lowest BCUT2D eigenvalue weighted by Crippen LogP contribution is -2.50. The number of nitrogens with zero attached hydrogens (tertiary/aromatic N) is 3. The average Bonchev–Trinajstić information content (AvgIpc) is 3.27. The Balaban J connectivity index is 1.19. The van der Waals surface area contributed by atoms with Gasteiger partial charge in [-0.05, 0) is 61.8 Å². The van der Waals surface area contributed by atoms with Gasteiger partial charge in [0.2, 0.25) is 0 Å². The van der Waals surface area contributed by atoms with Gasteiger partial charge in [0.25, 0.3) is 0 Å². The molecule has 2 saturated heterocycles. The number of likely N-dealkylation sites (tertiary alicyclic amines) is 1. The van der Waals surface area contributed by atoms with Gasteiger partial charge < -0.3 is 9.88 Å². The minimum atomic E-state index is 0.590. The van der Waals surface area contributed by atoms with Crippen molar-refractivity contribution in [1.29, 1.82) is 0 Å². The number of imidazole rings is 1. The minimum absolute atomic E-state index is 0.590. The predicted octanol–water partition coefficient (Wildman–Crippen LogP) is 4.70.